The van der Waals surface area contributed by atoms with Crippen molar-refractivity contribution in [2.24, 2.45) is 0 Å². The molecular weight excluding hydrogens is 375 g/mol. The number of halogens is 3. The van der Waals surface area contributed by atoms with Gasteiger partial charge in [-0.15, -0.1) is 0 Å². The van der Waals surface area contributed by atoms with Crippen LogP contribution in [0.15, 0.2) is 51.6 Å². The molecule has 6 nitrogen and oxygen atoms in total. The van der Waals surface area contributed by atoms with Gasteiger partial charge >= 0.3 is 12.1 Å². The van der Waals surface area contributed by atoms with Gasteiger partial charge in [-0.3, -0.25) is 4.79 Å². The highest BCUT2D eigenvalue weighted by Gasteiger charge is 2.39. The van der Waals surface area contributed by atoms with Crippen LogP contribution in [0.2, 0.25) is 0 Å². The van der Waals surface area contributed by atoms with E-state index < -0.39 is 12.1 Å². The molecule has 1 aromatic carbocycles. The summed E-state index contributed by atoms with van der Waals surface area (Å²) < 4.78 is 47.5. The predicted octanol–water partition coefficient (Wildman–Crippen LogP) is 4.71. The van der Waals surface area contributed by atoms with Gasteiger partial charge in [0.25, 0.3) is 5.91 Å². The Morgan fingerprint density at radius 2 is 1.93 bits per heavy atom. The van der Waals surface area contributed by atoms with Crippen molar-refractivity contribution < 1.29 is 26.9 Å². The van der Waals surface area contributed by atoms with Gasteiger partial charge in [-0.2, -0.15) is 18.2 Å². The van der Waals surface area contributed by atoms with Gasteiger partial charge in [-0.05, 0) is 44.0 Å². The minimum atomic E-state index is -4.70. The van der Waals surface area contributed by atoms with E-state index in [2.05, 4.69) is 14.7 Å². The molecule has 0 spiro atoms. The highest BCUT2D eigenvalue weighted by molar-refractivity contribution is 5.95. The lowest BCUT2D eigenvalue weighted by molar-refractivity contribution is -0.159. The van der Waals surface area contributed by atoms with E-state index in [4.69, 9.17) is 4.42 Å². The second-order valence-corrected chi connectivity index (χ2v) is 6.63. The standard InChI is InChI=1S/C19H16F3N3O3/c1-11(15-3-2-10-27-15)25(14-8-9-14)17(26)13-6-4-12(5-7-13)16-23-18(28-24-16)19(20,21)22/h2-7,10-11,14H,8-9H2,1H3/t11-/m1/s1. The Balaban J connectivity index is 1.56. The quantitative estimate of drug-likeness (QED) is 0.630. The maximum atomic E-state index is 13.0. The van der Waals surface area contributed by atoms with Crippen molar-refractivity contribution in [3.8, 4) is 11.4 Å². The summed E-state index contributed by atoms with van der Waals surface area (Å²) in [6.45, 7) is 1.90. The summed E-state index contributed by atoms with van der Waals surface area (Å²) in [6.07, 6.45) is -1.28. The summed E-state index contributed by atoms with van der Waals surface area (Å²) in [7, 11) is 0. The number of amides is 1. The maximum Gasteiger partial charge on any atom is 0.471 e. The fourth-order valence-electron chi connectivity index (χ4n) is 3.04. The molecule has 0 unspecified atom stereocenters. The number of nitrogens with zero attached hydrogens (tertiary/aromatic N) is 3. The highest BCUT2D eigenvalue weighted by Crippen LogP contribution is 2.36. The van der Waals surface area contributed by atoms with E-state index in [1.807, 2.05) is 13.0 Å². The number of furan rings is 1. The van der Waals surface area contributed by atoms with E-state index in [-0.39, 0.29) is 23.8 Å². The van der Waals surface area contributed by atoms with E-state index in [0.29, 0.717) is 16.9 Å². The first-order valence-electron chi connectivity index (χ1n) is 8.72. The molecule has 1 amide bonds. The molecule has 1 atom stereocenters. The molecule has 0 aliphatic heterocycles. The second kappa shape index (κ2) is 6.81. The number of aromatic nitrogens is 2. The first-order valence-corrected chi connectivity index (χ1v) is 8.72. The van der Waals surface area contributed by atoms with Crippen molar-refractivity contribution in [2.75, 3.05) is 0 Å². The average Bonchev–Trinajstić information content (AvgIpc) is 3.15. The number of rotatable bonds is 5. The van der Waals surface area contributed by atoms with Gasteiger partial charge in [0.2, 0.25) is 5.82 Å². The molecular formula is C19H16F3N3O3. The number of benzene rings is 1. The molecule has 2 heterocycles. The molecule has 0 saturated heterocycles. The van der Waals surface area contributed by atoms with Crippen LogP contribution >= 0.6 is 0 Å². The minimum Gasteiger partial charge on any atom is -0.467 e. The molecule has 1 aliphatic rings. The van der Waals surface area contributed by atoms with Crippen LogP contribution in [0, 0.1) is 0 Å². The van der Waals surface area contributed by atoms with E-state index in [0.717, 1.165) is 12.8 Å². The molecule has 0 N–H and O–H groups in total. The normalized spacial score (nSPS) is 15.4. The first kappa shape index (κ1) is 18.3. The topological polar surface area (TPSA) is 72.4 Å². The molecule has 28 heavy (non-hydrogen) atoms. The van der Waals surface area contributed by atoms with Crippen LogP contribution in [-0.4, -0.2) is 27.0 Å². The Hall–Kier alpha value is -3.10. The zero-order valence-corrected chi connectivity index (χ0v) is 14.8. The van der Waals surface area contributed by atoms with E-state index in [9.17, 15) is 18.0 Å². The Morgan fingerprint density at radius 3 is 2.46 bits per heavy atom. The Morgan fingerprint density at radius 1 is 1.21 bits per heavy atom. The lowest BCUT2D eigenvalue weighted by atomic mass is 10.1. The number of carbonyl (C=O) groups excluding carboxylic acids is 1. The van der Waals surface area contributed by atoms with Crippen LogP contribution < -0.4 is 0 Å². The SMILES string of the molecule is C[C@H](c1ccco1)N(C(=O)c1ccc(-c2noc(C(F)(F)F)n2)cc1)C1CC1. The summed E-state index contributed by atoms with van der Waals surface area (Å²) >= 11 is 0. The highest BCUT2D eigenvalue weighted by atomic mass is 19.4. The van der Waals surface area contributed by atoms with Gasteiger partial charge in [0.1, 0.15) is 5.76 Å². The molecule has 1 fully saturated rings. The van der Waals surface area contributed by atoms with Crippen LogP contribution in [0.3, 0.4) is 0 Å². The molecule has 1 saturated carbocycles. The molecule has 0 radical (unpaired) electrons. The summed E-state index contributed by atoms with van der Waals surface area (Å²) in [4.78, 5) is 18.2. The molecule has 0 bridgehead atoms. The van der Waals surface area contributed by atoms with Gasteiger partial charge in [-0.1, -0.05) is 17.3 Å². The van der Waals surface area contributed by atoms with Gasteiger partial charge in [0, 0.05) is 17.2 Å². The molecule has 9 heteroatoms. The summed E-state index contributed by atoms with van der Waals surface area (Å²) in [5, 5.41) is 3.35. The fraction of sp³-hybridized carbons (Fsp3) is 0.316. The fourth-order valence-corrected chi connectivity index (χ4v) is 3.04. The number of hydrogen-bond acceptors (Lipinski definition) is 5. The number of hydrogen-bond donors (Lipinski definition) is 0. The van der Waals surface area contributed by atoms with Crippen molar-refractivity contribution in [3.63, 3.8) is 0 Å². The van der Waals surface area contributed by atoms with Gasteiger partial charge in [-0.25, -0.2) is 0 Å². The minimum absolute atomic E-state index is 0.152. The smallest absolute Gasteiger partial charge is 0.467 e. The Bertz CT molecular complexity index is 960. The zero-order chi connectivity index (χ0) is 19.9. The van der Waals surface area contributed by atoms with Gasteiger partial charge in [0.15, 0.2) is 0 Å². The van der Waals surface area contributed by atoms with Crippen molar-refractivity contribution >= 4 is 5.91 Å². The van der Waals surface area contributed by atoms with Crippen LogP contribution in [0.4, 0.5) is 13.2 Å². The molecule has 3 aromatic rings. The van der Waals surface area contributed by atoms with Crippen molar-refractivity contribution in [1.29, 1.82) is 0 Å². The third-order valence-corrected chi connectivity index (χ3v) is 4.61. The molecule has 4 rings (SSSR count). The first-order chi connectivity index (χ1) is 13.3. The van der Waals surface area contributed by atoms with Crippen LogP contribution in [0.5, 0.6) is 0 Å². The summed E-state index contributed by atoms with van der Waals surface area (Å²) in [6, 6.07) is 9.63. The lowest BCUT2D eigenvalue weighted by Crippen LogP contribution is -2.35. The van der Waals surface area contributed by atoms with Gasteiger partial charge in [0.05, 0.1) is 12.3 Å². The van der Waals surface area contributed by atoms with Crippen molar-refractivity contribution in [3.05, 3.63) is 59.9 Å². The Kier molecular flexibility index (Phi) is 4.44. The predicted molar refractivity (Wildman–Crippen MR) is 91.1 cm³/mol. The average molecular weight is 391 g/mol. The van der Waals surface area contributed by atoms with E-state index in [1.165, 1.54) is 12.1 Å². The summed E-state index contributed by atoms with van der Waals surface area (Å²) in [5.74, 6) is -1.06. The van der Waals surface area contributed by atoms with Gasteiger partial charge < -0.3 is 13.8 Å². The number of alkyl halides is 3. The van der Waals surface area contributed by atoms with Crippen LogP contribution in [0.25, 0.3) is 11.4 Å². The lowest BCUT2D eigenvalue weighted by Gasteiger charge is -2.28. The Labute approximate surface area is 157 Å². The largest absolute Gasteiger partial charge is 0.471 e. The maximum absolute atomic E-state index is 13.0. The van der Waals surface area contributed by atoms with Crippen molar-refractivity contribution in [1.82, 2.24) is 15.0 Å². The second-order valence-electron chi connectivity index (χ2n) is 6.63. The molecule has 1 aliphatic carbocycles. The van der Waals surface area contributed by atoms with Crippen LogP contribution in [-0.2, 0) is 6.18 Å². The number of carbonyl (C=O) groups is 1. The van der Waals surface area contributed by atoms with E-state index in [1.54, 1.807) is 29.4 Å². The summed E-state index contributed by atoms with van der Waals surface area (Å²) in [5.41, 5.74) is 0.751. The van der Waals surface area contributed by atoms with Crippen molar-refractivity contribution in [2.45, 2.75) is 38.0 Å². The molecule has 2 aromatic heterocycles. The monoisotopic (exact) mass is 391 g/mol. The third kappa shape index (κ3) is 3.51. The zero-order valence-electron chi connectivity index (χ0n) is 14.8. The van der Waals surface area contributed by atoms with E-state index >= 15 is 0 Å². The molecule has 146 valence electrons. The third-order valence-electron chi connectivity index (χ3n) is 4.61. The van der Waals surface area contributed by atoms with Crippen LogP contribution in [0.1, 0.15) is 47.8 Å².